The minimum Gasteiger partial charge on any atom is -0.349 e. The standard InChI is InChI=1S/C20H29N3O2/c1-4-6-12-22(5-2)13-11-21-19(24)15-23-16(3)14-17-9-7-8-10-18(17)20(23)25/h7-10,14H,4-6,11-13,15H2,1-3H3,(H,21,24)/p+1. The second kappa shape index (κ2) is 9.37. The van der Waals surface area contributed by atoms with E-state index in [1.54, 1.807) is 4.57 Å². The van der Waals surface area contributed by atoms with Gasteiger partial charge in [0.15, 0.2) is 0 Å². The number of amides is 1. The van der Waals surface area contributed by atoms with E-state index in [0.29, 0.717) is 11.9 Å². The lowest BCUT2D eigenvalue weighted by Crippen LogP contribution is -3.12. The average Bonchev–Trinajstić information content (AvgIpc) is 2.61. The van der Waals surface area contributed by atoms with E-state index in [0.717, 1.165) is 30.7 Å². The van der Waals surface area contributed by atoms with Gasteiger partial charge in [0.2, 0.25) is 5.91 Å². The SMILES string of the molecule is CCCC[NH+](CC)CCNC(=O)Cn1c(C)cc2ccccc2c1=O. The molecule has 1 amide bonds. The Labute approximate surface area is 149 Å². The van der Waals surface area contributed by atoms with Crippen molar-refractivity contribution in [2.75, 3.05) is 26.2 Å². The molecule has 1 heterocycles. The highest BCUT2D eigenvalue weighted by Crippen LogP contribution is 2.11. The third-order valence-electron chi connectivity index (χ3n) is 4.71. The second-order valence-electron chi connectivity index (χ2n) is 6.57. The van der Waals surface area contributed by atoms with Crippen LogP contribution < -0.4 is 15.8 Å². The topological polar surface area (TPSA) is 55.5 Å². The molecule has 2 aromatic rings. The number of carbonyl (C=O) groups excluding carboxylic acids is 1. The van der Waals surface area contributed by atoms with Crippen LogP contribution >= 0.6 is 0 Å². The minimum absolute atomic E-state index is 0.0753. The number of likely N-dealkylation sites (N-methyl/N-ethyl adjacent to an activating group) is 1. The highest BCUT2D eigenvalue weighted by Gasteiger charge is 2.11. The van der Waals surface area contributed by atoms with Gasteiger partial charge >= 0.3 is 0 Å². The first kappa shape index (κ1) is 19.2. The van der Waals surface area contributed by atoms with E-state index in [9.17, 15) is 9.59 Å². The Bertz CT molecular complexity index is 767. The van der Waals surface area contributed by atoms with Crippen LogP contribution in [0.2, 0.25) is 0 Å². The van der Waals surface area contributed by atoms with Crippen molar-refractivity contribution in [2.45, 2.75) is 40.2 Å². The fourth-order valence-electron chi connectivity index (χ4n) is 3.11. The Balaban J connectivity index is 1.97. The summed E-state index contributed by atoms with van der Waals surface area (Å²) in [5.74, 6) is -0.105. The molecule has 2 rings (SSSR count). The molecule has 0 saturated heterocycles. The summed E-state index contributed by atoms with van der Waals surface area (Å²) in [6.07, 6.45) is 2.41. The maximum atomic E-state index is 12.6. The molecule has 1 aromatic carbocycles. The van der Waals surface area contributed by atoms with Crippen molar-refractivity contribution < 1.29 is 9.69 Å². The number of aromatic nitrogens is 1. The normalized spacial score (nSPS) is 12.3. The Hall–Kier alpha value is -2.14. The van der Waals surface area contributed by atoms with E-state index in [1.165, 1.54) is 17.7 Å². The van der Waals surface area contributed by atoms with Gasteiger partial charge in [-0.1, -0.05) is 31.5 Å². The maximum Gasteiger partial charge on any atom is 0.259 e. The first-order valence-electron chi connectivity index (χ1n) is 9.26. The summed E-state index contributed by atoms with van der Waals surface area (Å²) in [5, 5.41) is 4.53. The van der Waals surface area contributed by atoms with Crippen molar-refractivity contribution in [3.05, 3.63) is 46.4 Å². The molecule has 2 N–H and O–H groups in total. The van der Waals surface area contributed by atoms with Crippen LogP contribution in [0, 0.1) is 6.92 Å². The third kappa shape index (κ3) is 5.16. The van der Waals surface area contributed by atoms with Crippen molar-refractivity contribution in [1.82, 2.24) is 9.88 Å². The molecular weight excluding hydrogens is 314 g/mol. The zero-order valence-corrected chi connectivity index (χ0v) is 15.6. The van der Waals surface area contributed by atoms with E-state index in [1.807, 2.05) is 37.3 Å². The molecule has 25 heavy (non-hydrogen) atoms. The van der Waals surface area contributed by atoms with Gasteiger partial charge in [-0.2, -0.15) is 0 Å². The number of benzene rings is 1. The molecule has 0 bridgehead atoms. The van der Waals surface area contributed by atoms with Crippen molar-refractivity contribution >= 4 is 16.7 Å². The quantitative estimate of drug-likeness (QED) is 0.717. The smallest absolute Gasteiger partial charge is 0.259 e. The number of hydrogen-bond acceptors (Lipinski definition) is 2. The summed E-state index contributed by atoms with van der Waals surface area (Å²) in [4.78, 5) is 26.4. The van der Waals surface area contributed by atoms with Gasteiger partial charge in [-0.15, -0.1) is 0 Å². The summed E-state index contributed by atoms with van der Waals surface area (Å²) in [6.45, 7) is 10.1. The van der Waals surface area contributed by atoms with Gasteiger partial charge in [0.05, 0.1) is 26.2 Å². The van der Waals surface area contributed by atoms with Gasteiger partial charge in [-0.05, 0) is 37.8 Å². The number of quaternary nitrogens is 1. The Kier molecular flexibility index (Phi) is 7.19. The van der Waals surface area contributed by atoms with Crippen LogP contribution in [0.25, 0.3) is 10.8 Å². The molecule has 1 aromatic heterocycles. The van der Waals surface area contributed by atoms with Crippen molar-refractivity contribution in [2.24, 2.45) is 0 Å². The first-order valence-corrected chi connectivity index (χ1v) is 9.26. The molecule has 5 heteroatoms. The number of rotatable bonds is 9. The van der Waals surface area contributed by atoms with E-state index in [-0.39, 0.29) is 18.0 Å². The summed E-state index contributed by atoms with van der Waals surface area (Å²) in [7, 11) is 0. The number of aryl methyl sites for hydroxylation is 1. The van der Waals surface area contributed by atoms with Crippen LogP contribution in [0.4, 0.5) is 0 Å². The van der Waals surface area contributed by atoms with Crippen LogP contribution in [0.1, 0.15) is 32.4 Å². The summed E-state index contributed by atoms with van der Waals surface area (Å²) >= 11 is 0. The molecule has 0 aliphatic carbocycles. The highest BCUT2D eigenvalue weighted by molar-refractivity contribution is 5.82. The molecule has 0 aliphatic rings. The van der Waals surface area contributed by atoms with E-state index in [2.05, 4.69) is 19.2 Å². The monoisotopic (exact) mass is 344 g/mol. The highest BCUT2D eigenvalue weighted by atomic mass is 16.2. The van der Waals surface area contributed by atoms with E-state index >= 15 is 0 Å². The zero-order valence-electron chi connectivity index (χ0n) is 15.6. The Morgan fingerprint density at radius 1 is 1.20 bits per heavy atom. The van der Waals surface area contributed by atoms with Crippen LogP contribution in [0.15, 0.2) is 35.1 Å². The lowest BCUT2D eigenvalue weighted by molar-refractivity contribution is -0.897. The van der Waals surface area contributed by atoms with Gasteiger partial charge in [0.25, 0.3) is 5.56 Å². The molecule has 136 valence electrons. The van der Waals surface area contributed by atoms with Crippen molar-refractivity contribution in [3.8, 4) is 0 Å². The maximum absolute atomic E-state index is 12.6. The fourth-order valence-corrected chi connectivity index (χ4v) is 3.11. The number of nitrogens with zero attached hydrogens (tertiary/aromatic N) is 1. The molecule has 0 aliphatic heterocycles. The van der Waals surface area contributed by atoms with Crippen LogP contribution in [0.3, 0.4) is 0 Å². The minimum atomic E-state index is -0.105. The lowest BCUT2D eigenvalue weighted by Gasteiger charge is -2.18. The van der Waals surface area contributed by atoms with Gasteiger partial charge in [0.1, 0.15) is 6.54 Å². The molecule has 5 nitrogen and oxygen atoms in total. The van der Waals surface area contributed by atoms with Gasteiger partial charge < -0.3 is 14.8 Å². The number of fused-ring (bicyclic) bond motifs is 1. The van der Waals surface area contributed by atoms with Gasteiger partial charge in [-0.25, -0.2) is 0 Å². The molecule has 0 spiro atoms. The first-order chi connectivity index (χ1) is 12.1. The molecule has 0 radical (unpaired) electrons. The molecule has 1 unspecified atom stereocenters. The Morgan fingerprint density at radius 3 is 2.68 bits per heavy atom. The van der Waals surface area contributed by atoms with Crippen LogP contribution in [-0.2, 0) is 11.3 Å². The van der Waals surface area contributed by atoms with E-state index in [4.69, 9.17) is 0 Å². The van der Waals surface area contributed by atoms with E-state index < -0.39 is 0 Å². The lowest BCUT2D eigenvalue weighted by atomic mass is 10.1. The third-order valence-corrected chi connectivity index (χ3v) is 4.71. The largest absolute Gasteiger partial charge is 0.349 e. The van der Waals surface area contributed by atoms with Gasteiger partial charge in [-0.3, -0.25) is 9.59 Å². The Morgan fingerprint density at radius 2 is 1.96 bits per heavy atom. The summed E-state index contributed by atoms with van der Waals surface area (Å²) in [5.41, 5.74) is 0.706. The predicted octanol–water partition coefficient (Wildman–Crippen LogP) is 1.13. The summed E-state index contributed by atoms with van der Waals surface area (Å²) < 4.78 is 1.55. The summed E-state index contributed by atoms with van der Waals surface area (Å²) in [6, 6.07) is 9.45. The van der Waals surface area contributed by atoms with Crippen LogP contribution in [0.5, 0.6) is 0 Å². The number of nitrogens with one attached hydrogen (secondary N) is 2. The number of carbonyl (C=O) groups is 1. The number of unbranched alkanes of at least 4 members (excludes halogenated alkanes) is 1. The fraction of sp³-hybridized carbons (Fsp3) is 0.500. The molecular formula is C20H30N3O2+. The van der Waals surface area contributed by atoms with Crippen molar-refractivity contribution in [3.63, 3.8) is 0 Å². The number of hydrogen-bond donors (Lipinski definition) is 2. The average molecular weight is 344 g/mol. The van der Waals surface area contributed by atoms with Gasteiger partial charge in [0, 0.05) is 11.1 Å². The molecule has 1 atom stereocenters. The predicted molar refractivity (Wildman–Crippen MR) is 102 cm³/mol. The molecule has 0 saturated carbocycles. The zero-order chi connectivity index (χ0) is 18.2. The van der Waals surface area contributed by atoms with Crippen LogP contribution in [-0.4, -0.2) is 36.7 Å². The molecule has 0 fully saturated rings. The second-order valence-corrected chi connectivity index (χ2v) is 6.57. The van der Waals surface area contributed by atoms with Crippen molar-refractivity contribution in [1.29, 1.82) is 0 Å². The number of pyridine rings is 1.